The lowest BCUT2D eigenvalue weighted by Gasteiger charge is -2.18. The molecule has 0 aromatic carbocycles. The Morgan fingerprint density at radius 2 is 0.458 bits per heavy atom. The molecule has 0 amide bonds. The largest absolute Gasteiger partial charge is 0.462 e. The molecule has 1 unspecified atom stereocenters. The van der Waals surface area contributed by atoms with Gasteiger partial charge in [0.2, 0.25) is 0 Å². The van der Waals surface area contributed by atoms with Crippen LogP contribution < -0.4 is 0 Å². The molecule has 6 heteroatoms. The third-order valence-corrected chi connectivity index (χ3v) is 15.0. The molecule has 426 valence electrons. The van der Waals surface area contributed by atoms with Gasteiger partial charge in [0.15, 0.2) is 6.10 Å². The van der Waals surface area contributed by atoms with Crippen molar-refractivity contribution in [1.82, 2.24) is 0 Å². The minimum atomic E-state index is -0.765. The molecule has 0 spiro atoms. The Morgan fingerprint density at radius 1 is 0.264 bits per heavy atom. The lowest BCUT2D eigenvalue weighted by atomic mass is 10.0. The smallest absolute Gasteiger partial charge is 0.306 e. The van der Waals surface area contributed by atoms with E-state index in [2.05, 4.69) is 32.9 Å². The first-order chi connectivity index (χ1) is 35.5. The predicted molar refractivity (Wildman–Crippen MR) is 312 cm³/mol. The van der Waals surface area contributed by atoms with Crippen LogP contribution in [0, 0.1) is 0 Å². The quantitative estimate of drug-likeness (QED) is 0.0261. The van der Waals surface area contributed by atoms with Crippen LogP contribution in [0.5, 0.6) is 0 Å². The van der Waals surface area contributed by atoms with Crippen LogP contribution in [-0.4, -0.2) is 37.2 Å². The van der Waals surface area contributed by atoms with Crippen LogP contribution in [0.2, 0.25) is 0 Å². The van der Waals surface area contributed by atoms with Gasteiger partial charge < -0.3 is 14.2 Å². The molecule has 0 heterocycles. The van der Waals surface area contributed by atoms with Crippen LogP contribution in [0.25, 0.3) is 0 Å². The van der Waals surface area contributed by atoms with E-state index >= 15 is 0 Å². The third kappa shape index (κ3) is 59.0. The molecule has 0 aromatic rings. The van der Waals surface area contributed by atoms with Crippen molar-refractivity contribution in [2.24, 2.45) is 0 Å². The van der Waals surface area contributed by atoms with Gasteiger partial charge >= 0.3 is 17.9 Å². The van der Waals surface area contributed by atoms with Gasteiger partial charge in [-0.1, -0.05) is 322 Å². The third-order valence-electron chi connectivity index (χ3n) is 15.0. The summed E-state index contributed by atoms with van der Waals surface area (Å²) in [6.45, 7) is 6.71. The highest BCUT2D eigenvalue weighted by Gasteiger charge is 2.19. The maximum absolute atomic E-state index is 12.9. The normalized spacial score (nSPS) is 12.0. The number of carbonyl (C=O) groups is 3. The van der Waals surface area contributed by atoms with Gasteiger partial charge in [0, 0.05) is 19.3 Å². The molecule has 0 aliphatic rings. The van der Waals surface area contributed by atoms with Crippen LogP contribution in [0.3, 0.4) is 0 Å². The SMILES string of the molecule is CCCCCCCCCC/C=C\CCCCCCCCCCCCCC(=O)OCC(COC(=O)CCCCCCCCCCCCC)OC(=O)CCCCCCCCCCCCCCCCCCCCCC. The molecule has 0 bridgehead atoms. The fraction of sp³-hybridized carbons (Fsp3) is 0.924. The molecule has 1 atom stereocenters. The van der Waals surface area contributed by atoms with Crippen LogP contribution in [0.15, 0.2) is 12.2 Å². The molecule has 0 aliphatic carbocycles. The van der Waals surface area contributed by atoms with E-state index in [1.165, 1.54) is 276 Å². The van der Waals surface area contributed by atoms with Gasteiger partial charge in [0.05, 0.1) is 0 Å². The molecule has 6 nitrogen and oxygen atoms in total. The lowest BCUT2D eigenvalue weighted by molar-refractivity contribution is -0.167. The van der Waals surface area contributed by atoms with Gasteiger partial charge in [-0.15, -0.1) is 0 Å². The molecule has 0 saturated heterocycles. The Morgan fingerprint density at radius 3 is 0.694 bits per heavy atom. The van der Waals surface area contributed by atoms with Gasteiger partial charge in [0.25, 0.3) is 0 Å². The van der Waals surface area contributed by atoms with Crippen LogP contribution >= 0.6 is 0 Å². The van der Waals surface area contributed by atoms with E-state index in [0.717, 1.165) is 57.8 Å². The van der Waals surface area contributed by atoms with E-state index in [4.69, 9.17) is 14.2 Å². The van der Waals surface area contributed by atoms with Crippen LogP contribution in [-0.2, 0) is 28.6 Å². The molecular formula is C66H126O6. The summed E-state index contributed by atoms with van der Waals surface area (Å²) >= 11 is 0. The summed E-state index contributed by atoms with van der Waals surface area (Å²) in [5.41, 5.74) is 0. The van der Waals surface area contributed by atoms with E-state index in [1.54, 1.807) is 0 Å². The highest BCUT2D eigenvalue weighted by atomic mass is 16.6. The van der Waals surface area contributed by atoms with Gasteiger partial charge in [0.1, 0.15) is 13.2 Å². The summed E-state index contributed by atoms with van der Waals surface area (Å²) in [5, 5.41) is 0. The number of carbonyl (C=O) groups excluding carboxylic acids is 3. The van der Waals surface area contributed by atoms with Crippen molar-refractivity contribution in [3.05, 3.63) is 12.2 Å². The molecule has 0 saturated carbocycles. The number of rotatable bonds is 61. The van der Waals surface area contributed by atoms with Crippen LogP contribution in [0.1, 0.15) is 374 Å². The first-order valence-corrected chi connectivity index (χ1v) is 32.7. The number of esters is 3. The average molecular weight is 1020 g/mol. The van der Waals surface area contributed by atoms with Crippen molar-refractivity contribution in [3.63, 3.8) is 0 Å². The summed E-state index contributed by atoms with van der Waals surface area (Å²) in [5.74, 6) is -0.835. The van der Waals surface area contributed by atoms with E-state index in [1.807, 2.05) is 0 Å². The van der Waals surface area contributed by atoms with Crippen molar-refractivity contribution in [2.45, 2.75) is 380 Å². The topological polar surface area (TPSA) is 78.9 Å². The van der Waals surface area contributed by atoms with Gasteiger partial charge in [-0.2, -0.15) is 0 Å². The highest BCUT2D eigenvalue weighted by molar-refractivity contribution is 5.71. The first kappa shape index (κ1) is 70.1. The molecule has 0 N–H and O–H groups in total. The zero-order valence-electron chi connectivity index (χ0n) is 49.0. The number of ether oxygens (including phenoxy) is 3. The monoisotopic (exact) mass is 1010 g/mol. The van der Waals surface area contributed by atoms with E-state index in [0.29, 0.717) is 19.3 Å². The van der Waals surface area contributed by atoms with E-state index in [9.17, 15) is 14.4 Å². The van der Waals surface area contributed by atoms with Gasteiger partial charge in [-0.05, 0) is 44.9 Å². The summed E-state index contributed by atoms with van der Waals surface area (Å²) in [4.78, 5) is 38.3. The first-order valence-electron chi connectivity index (χ1n) is 32.7. The van der Waals surface area contributed by atoms with Crippen molar-refractivity contribution >= 4 is 17.9 Å². The van der Waals surface area contributed by atoms with Gasteiger partial charge in [-0.25, -0.2) is 0 Å². The summed E-state index contributed by atoms with van der Waals surface area (Å²) in [6, 6.07) is 0. The lowest BCUT2D eigenvalue weighted by Crippen LogP contribution is -2.30. The highest BCUT2D eigenvalue weighted by Crippen LogP contribution is 2.18. The number of allylic oxidation sites excluding steroid dienone is 2. The maximum Gasteiger partial charge on any atom is 0.306 e. The fourth-order valence-electron chi connectivity index (χ4n) is 10.1. The summed E-state index contributed by atoms with van der Waals surface area (Å²) < 4.78 is 16.9. The zero-order valence-corrected chi connectivity index (χ0v) is 49.0. The van der Waals surface area contributed by atoms with E-state index in [-0.39, 0.29) is 31.1 Å². The molecule has 0 aromatic heterocycles. The molecule has 0 radical (unpaired) electrons. The number of unbranched alkanes of at least 4 members (excludes halogenated alkanes) is 48. The van der Waals surface area contributed by atoms with Crippen molar-refractivity contribution in [2.75, 3.05) is 13.2 Å². The van der Waals surface area contributed by atoms with E-state index < -0.39 is 6.10 Å². The number of hydrogen-bond donors (Lipinski definition) is 0. The fourth-order valence-corrected chi connectivity index (χ4v) is 10.1. The molecule has 0 aliphatic heterocycles. The van der Waals surface area contributed by atoms with Crippen molar-refractivity contribution in [1.29, 1.82) is 0 Å². The van der Waals surface area contributed by atoms with Gasteiger partial charge in [-0.3, -0.25) is 14.4 Å². The minimum absolute atomic E-state index is 0.0636. The second kappa shape index (κ2) is 61.7. The standard InChI is InChI=1S/C66H126O6/c1-4-7-10-13-16-19-22-24-26-28-30-32-33-34-36-37-39-41-44-47-50-53-56-59-65(68)71-62-63(61-70-64(67)58-55-52-49-46-43-21-18-15-12-9-6-3)72-66(69)60-57-54-51-48-45-42-40-38-35-31-29-27-25-23-20-17-14-11-8-5-2/h28,30,63H,4-27,29,31-62H2,1-3H3/b30-28-. The summed E-state index contributed by atoms with van der Waals surface area (Å²) in [6.07, 6.45) is 72.3. The Kier molecular flexibility index (Phi) is 60.1. The molecular weight excluding hydrogens is 889 g/mol. The maximum atomic E-state index is 12.9. The average Bonchev–Trinajstić information content (AvgIpc) is 3.38. The molecule has 0 rings (SSSR count). The minimum Gasteiger partial charge on any atom is -0.462 e. The van der Waals surface area contributed by atoms with Crippen molar-refractivity contribution in [3.8, 4) is 0 Å². The summed E-state index contributed by atoms with van der Waals surface area (Å²) in [7, 11) is 0. The second-order valence-electron chi connectivity index (χ2n) is 22.4. The second-order valence-corrected chi connectivity index (χ2v) is 22.4. The Labute approximate surface area is 450 Å². The van der Waals surface area contributed by atoms with Crippen LogP contribution in [0.4, 0.5) is 0 Å². The Hall–Kier alpha value is -1.85. The zero-order chi connectivity index (χ0) is 52.2. The Bertz CT molecular complexity index is 1120. The molecule has 72 heavy (non-hydrogen) atoms. The number of hydrogen-bond acceptors (Lipinski definition) is 6. The Balaban J connectivity index is 4.20. The molecule has 0 fully saturated rings. The van der Waals surface area contributed by atoms with Crippen molar-refractivity contribution < 1.29 is 28.6 Å². The predicted octanol–water partition coefficient (Wildman–Crippen LogP) is 22.1.